The Morgan fingerprint density at radius 1 is 1.47 bits per heavy atom. The first-order valence-corrected chi connectivity index (χ1v) is 6.20. The van der Waals surface area contributed by atoms with Crippen LogP contribution in [0.25, 0.3) is 10.9 Å². The van der Waals surface area contributed by atoms with Crippen LogP contribution in [0.1, 0.15) is 19.4 Å². The number of hydrogen-bond donors (Lipinski definition) is 4. The standard InChI is InChI=1S/C14H19N3O2/c1-14(2,15)8-17-12(19)6-9-7-16-13-10(9)4-3-5-11(13)18/h3-5,7,16,18H,6,8,15H2,1-2H3,(H,17,19). The third-order valence-electron chi connectivity index (χ3n) is 2.87. The third kappa shape index (κ3) is 3.26. The van der Waals surface area contributed by atoms with E-state index in [1.54, 1.807) is 18.3 Å². The lowest BCUT2D eigenvalue weighted by atomic mass is 10.1. The van der Waals surface area contributed by atoms with E-state index in [4.69, 9.17) is 5.73 Å². The molecule has 1 amide bonds. The van der Waals surface area contributed by atoms with Crippen LogP contribution >= 0.6 is 0 Å². The predicted octanol–water partition coefficient (Wildman–Crippen LogP) is 1.27. The third-order valence-corrected chi connectivity index (χ3v) is 2.87. The highest BCUT2D eigenvalue weighted by atomic mass is 16.3. The van der Waals surface area contributed by atoms with E-state index in [0.29, 0.717) is 12.1 Å². The quantitative estimate of drug-likeness (QED) is 0.668. The molecule has 0 fully saturated rings. The molecular weight excluding hydrogens is 242 g/mol. The zero-order valence-electron chi connectivity index (χ0n) is 11.2. The van der Waals surface area contributed by atoms with Crippen molar-refractivity contribution in [1.82, 2.24) is 10.3 Å². The van der Waals surface area contributed by atoms with Gasteiger partial charge in [-0.3, -0.25) is 4.79 Å². The molecule has 5 N–H and O–H groups in total. The van der Waals surface area contributed by atoms with E-state index >= 15 is 0 Å². The predicted molar refractivity (Wildman–Crippen MR) is 74.9 cm³/mol. The molecule has 0 spiro atoms. The van der Waals surface area contributed by atoms with Crippen LogP contribution in [-0.4, -0.2) is 28.1 Å². The van der Waals surface area contributed by atoms with Crippen molar-refractivity contribution in [2.24, 2.45) is 5.73 Å². The van der Waals surface area contributed by atoms with Gasteiger partial charge in [0.1, 0.15) is 5.75 Å². The molecule has 0 radical (unpaired) electrons. The fraction of sp³-hybridized carbons (Fsp3) is 0.357. The van der Waals surface area contributed by atoms with Gasteiger partial charge in [-0.05, 0) is 25.5 Å². The van der Waals surface area contributed by atoms with Gasteiger partial charge in [-0.2, -0.15) is 0 Å². The minimum atomic E-state index is -0.422. The molecular formula is C14H19N3O2. The molecule has 1 aromatic carbocycles. The molecule has 0 aliphatic carbocycles. The Hall–Kier alpha value is -2.01. The number of phenolic OH excluding ortho intramolecular Hbond substituents is 1. The highest BCUT2D eigenvalue weighted by Crippen LogP contribution is 2.26. The first kappa shape index (κ1) is 13.4. The molecule has 0 aliphatic heterocycles. The molecule has 0 saturated carbocycles. The fourth-order valence-electron chi connectivity index (χ4n) is 1.90. The van der Waals surface area contributed by atoms with Crippen molar-refractivity contribution in [2.75, 3.05) is 6.54 Å². The van der Waals surface area contributed by atoms with Crippen LogP contribution in [0, 0.1) is 0 Å². The number of benzene rings is 1. The van der Waals surface area contributed by atoms with Crippen molar-refractivity contribution >= 4 is 16.8 Å². The zero-order valence-corrected chi connectivity index (χ0v) is 11.2. The number of hydrogen-bond acceptors (Lipinski definition) is 3. The van der Waals surface area contributed by atoms with Crippen molar-refractivity contribution in [3.05, 3.63) is 30.0 Å². The van der Waals surface area contributed by atoms with Gasteiger partial charge in [-0.25, -0.2) is 0 Å². The molecule has 0 unspecified atom stereocenters. The van der Waals surface area contributed by atoms with Gasteiger partial charge in [-0.1, -0.05) is 12.1 Å². The van der Waals surface area contributed by atoms with E-state index in [0.717, 1.165) is 10.9 Å². The second-order valence-corrected chi connectivity index (χ2v) is 5.46. The molecule has 0 saturated heterocycles. The van der Waals surface area contributed by atoms with Gasteiger partial charge in [0.15, 0.2) is 0 Å². The minimum Gasteiger partial charge on any atom is -0.506 e. The average molecular weight is 261 g/mol. The summed E-state index contributed by atoms with van der Waals surface area (Å²) in [6.07, 6.45) is 2.01. The van der Waals surface area contributed by atoms with Crippen LogP contribution < -0.4 is 11.1 Å². The van der Waals surface area contributed by atoms with Gasteiger partial charge in [0.2, 0.25) is 5.91 Å². The number of amides is 1. The Labute approximate surface area is 111 Å². The van der Waals surface area contributed by atoms with E-state index in [9.17, 15) is 9.90 Å². The summed E-state index contributed by atoms with van der Waals surface area (Å²) in [4.78, 5) is 14.8. The molecule has 2 aromatic rings. The van der Waals surface area contributed by atoms with Crippen molar-refractivity contribution < 1.29 is 9.90 Å². The molecule has 5 heteroatoms. The van der Waals surface area contributed by atoms with E-state index in [1.807, 2.05) is 19.9 Å². The van der Waals surface area contributed by atoms with Gasteiger partial charge in [-0.15, -0.1) is 0 Å². The number of nitrogens with two attached hydrogens (primary N) is 1. The summed E-state index contributed by atoms with van der Waals surface area (Å²) in [5.41, 5.74) is 6.91. The zero-order chi connectivity index (χ0) is 14.0. The monoisotopic (exact) mass is 261 g/mol. The number of carbonyl (C=O) groups excluding carboxylic acids is 1. The maximum atomic E-state index is 11.8. The first-order chi connectivity index (χ1) is 8.87. The Bertz CT molecular complexity index is 596. The van der Waals surface area contributed by atoms with Gasteiger partial charge >= 0.3 is 0 Å². The number of carbonyl (C=O) groups is 1. The van der Waals surface area contributed by atoms with Crippen LogP contribution in [0.2, 0.25) is 0 Å². The Morgan fingerprint density at radius 2 is 2.21 bits per heavy atom. The summed E-state index contributed by atoms with van der Waals surface area (Å²) >= 11 is 0. The summed E-state index contributed by atoms with van der Waals surface area (Å²) in [6, 6.07) is 5.25. The lowest BCUT2D eigenvalue weighted by molar-refractivity contribution is -0.120. The smallest absolute Gasteiger partial charge is 0.224 e. The van der Waals surface area contributed by atoms with Crippen molar-refractivity contribution in [2.45, 2.75) is 25.8 Å². The van der Waals surface area contributed by atoms with Crippen LogP contribution in [0.3, 0.4) is 0 Å². The molecule has 0 bridgehead atoms. The summed E-state index contributed by atoms with van der Waals surface area (Å²) in [5, 5.41) is 13.3. The van der Waals surface area contributed by atoms with Crippen LogP contribution in [0.4, 0.5) is 0 Å². The number of aromatic hydroxyl groups is 1. The molecule has 0 atom stereocenters. The molecule has 1 heterocycles. The maximum Gasteiger partial charge on any atom is 0.224 e. The first-order valence-electron chi connectivity index (χ1n) is 6.20. The van der Waals surface area contributed by atoms with Crippen molar-refractivity contribution in [3.63, 3.8) is 0 Å². The fourth-order valence-corrected chi connectivity index (χ4v) is 1.90. The molecule has 19 heavy (non-hydrogen) atoms. The second kappa shape index (κ2) is 4.93. The Balaban J connectivity index is 2.10. The Morgan fingerprint density at radius 3 is 2.89 bits per heavy atom. The highest BCUT2D eigenvalue weighted by Gasteiger charge is 2.14. The van der Waals surface area contributed by atoms with Gasteiger partial charge in [0.05, 0.1) is 11.9 Å². The molecule has 2 rings (SSSR count). The van der Waals surface area contributed by atoms with Crippen molar-refractivity contribution in [3.8, 4) is 5.75 Å². The summed E-state index contributed by atoms with van der Waals surface area (Å²) in [7, 11) is 0. The number of phenols is 1. The topological polar surface area (TPSA) is 91.1 Å². The number of aromatic amines is 1. The lowest BCUT2D eigenvalue weighted by Crippen LogP contribution is -2.45. The van der Waals surface area contributed by atoms with E-state index < -0.39 is 5.54 Å². The van der Waals surface area contributed by atoms with Crippen molar-refractivity contribution in [1.29, 1.82) is 0 Å². The van der Waals surface area contributed by atoms with E-state index in [-0.39, 0.29) is 18.1 Å². The highest BCUT2D eigenvalue weighted by molar-refractivity contribution is 5.91. The number of aromatic nitrogens is 1. The largest absolute Gasteiger partial charge is 0.506 e. The van der Waals surface area contributed by atoms with Gasteiger partial charge in [0, 0.05) is 23.7 Å². The number of rotatable bonds is 4. The SMILES string of the molecule is CC(C)(N)CNC(=O)Cc1c[nH]c2c(O)cccc12. The number of H-pyrrole nitrogens is 1. The normalized spacial score (nSPS) is 11.7. The molecule has 5 nitrogen and oxygen atoms in total. The van der Waals surface area contributed by atoms with E-state index in [2.05, 4.69) is 10.3 Å². The van der Waals surface area contributed by atoms with Crippen LogP contribution in [0.15, 0.2) is 24.4 Å². The number of para-hydroxylation sites is 1. The lowest BCUT2D eigenvalue weighted by Gasteiger charge is -2.18. The number of fused-ring (bicyclic) bond motifs is 1. The summed E-state index contributed by atoms with van der Waals surface area (Å²) < 4.78 is 0. The van der Waals surface area contributed by atoms with Gasteiger partial charge in [0.25, 0.3) is 0 Å². The molecule has 102 valence electrons. The summed E-state index contributed by atoms with van der Waals surface area (Å²) in [5.74, 6) is 0.106. The molecule has 0 aliphatic rings. The second-order valence-electron chi connectivity index (χ2n) is 5.46. The Kier molecular flexibility index (Phi) is 3.48. The van der Waals surface area contributed by atoms with Crippen LogP contribution in [0.5, 0.6) is 5.75 Å². The van der Waals surface area contributed by atoms with Crippen LogP contribution in [-0.2, 0) is 11.2 Å². The number of nitrogens with one attached hydrogen (secondary N) is 2. The summed E-state index contributed by atoms with van der Waals surface area (Å²) in [6.45, 7) is 4.15. The van der Waals surface area contributed by atoms with Gasteiger partial charge < -0.3 is 21.1 Å². The molecule has 1 aromatic heterocycles. The maximum absolute atomic E-state index is 11.8. The average Bonchev–Trinajstić information content (AvgIpc) is 2.71. The van der Waals surface area contributed by atoms with E-state index in [1.165, 1.54) is 0 Å². The minimum absolute atomic E-state index is 0.0808.